The summed E-state index contributed by atoms with van der Waals surface area (Å²) >= 11 is 0. The summed E-state index contributed by atoms with van der Waals surface area (Å²) in [4.78, 5) is 22.7. The Bertz CT molecular complexity index is 378. The zero-order valence-electron chi connectivity index (χ0n) is 8.57. The first kappa shape index (κ1) is 9.90. The van der Waals surface area contributed by atoms with Gasteiger partial charge in [-0.1, -0.05) is 37.3 Å². The summed E-state index contributed by atoms with van der Waals surface area (Å²) in [5, 5.41) is 2.73. The Morgan fingerprint density at radius 3 is 2.53 bits per heavy atom. The molecule has 3 nitrogen and oxygen atoms in total. The van der Waals surface area contributed by atoms with E-state index < -0.39 is 0 Å². The van der Waals surface area contributed by atoms with Gasteiger partial charge in [0.2, 0.25) is 5.91 Å². The van der Waals surface area contributed by atoms with Crippen LogP contribution in [0, 0.1) is 5.92 Å². The lowest BCUT2D eigenvalue weighted by molar-refractivity contribution is -0.128. The van der Waals surface area contributed by atoms with Crippen LogP contribution >= 0.6 is 0 Å². The maximum Gasteiger partial charge on any atom is 0.222 e. The number of carbonyl (C=O) groups excluding carboxylic acids is 2. The fraction of sp³-hybridized carbons (Fsp3) is 0.333. The monoisotopic (exact) mass is 203 g/mol. The lowest BCUT2D eigenvalue weighted by Crippen LogP contribution is -2.53. The van der Waals surface area contributed by atoms with E-state index in [1.54, 1.807) is 12.1 Å². The van der Waals surface area contributed by atoms with Gasteiger partial charge in [-0.05, 0) is 0 Å². The van der Waals surface area contributed by atoms with Crippen molar-refractivity contribution in [1.29, 1.82) is 0 Å². The molecule has 1 aromatic rings. The van der Waals surface area contributed by atoms with E-state index in [-0.39, 0.29) is 23.7 Å². The average molecular weight is 203 g/mol. The number of nitrogens with one attached hydrogen (secondary N) is 1. The maximum absolute atomic E-state index is 11.9. The minimum absolute atomic E-state index is 0.0187. The highest BCUT2D eigenvalue weighted by atomic mass is 16.2. The molecule has 0 aromatic heterocycles. The zero-order chi connectivity index (χ0) is 10.8. The van der Waals surface area contributed by atoms with Crippen LogP contribution in [0.5, 0.6) is 0 Å². The van der Waals surface area contributed by atoms with Gasteiger partial charge in [0.05, 0.1) is 0 Å². The van der Waals surface area contributed by atoms with Crippen LogP contribution in [-0.2, 0) is 4.79 Å². The van der Waals surface area contributed by atoms with E-state index in [0.717, 1.165) is 0 Å². The van der Waals surface area contributed by atoms with Crippen molar-refractivity contribution in [3.8, 4) is 0 Å². The highest BCUT2D eigenvalue weighted by Gasteiger charge is 2.34. The number of β-lactam (4-membered cyclic amide) rings is 1. The van der Waals surface area contributed by atoms with Gasteiger partial charge in [0.15, 0.2) is 5.78 Å². The molecule has 2 unspecified atom stereocenters. The van der Waals surface area contributed by atoms with E-state index in [1.807, 2.05) is 25.1 Å². The quantitative estimate of drug-likeness (QED) is 0.596. The van der Waals surface area contributed by atoms with E-state index in [0.29, 0.717) is 12.0 Å². The molecule has 1 aliphatic rings. The third-order valence-electron chi connectivity index (χ3n) is 2.83. The molecule has 0 radical (unpaired) electrons. The third kappa shape index (κ3) is 1.91. The second kappa shape index (κ2) is 3.85. The van der Waals surface area contributed by atoms with Gasteiger partial charge >= 0.3 is 0 Å². The number of ketones is 1. The van der Waals surface area contributed by atoms with Gasteiger partial charge in [-0.25, -0.2) is 0 Å². The molecule has 0 saturated carbocycles. The number of benzene rings is 1. The van der Waals surface area contributed by atoms with Crippen LogP contribution in [0.25, 0.3) is 0 Å². The molecule has 0 spiro atoms. The smallest absolute Gasteiger partial charge is 0.222 e. The number of Topliss-reactive ketones (excluding diaryl/α,β-unsaturated/α-hetero) is 1. The Hall–Kier alpha value is -1.64. The first-order valence-corrected chi connectivity index (χ1v) is 5.07. The Balaban J connectivity index is 2.05. The van der Waals surface area contributed by atoms with E-state index in [2.05, 4.69) is 5.32 Å². The van der Waals surface area contributed by atoms with Gasteiger partial charge in [-0.3, -0.25) is 9.59 Å². The molecular formula is C12H13NO2. The van der Waals surface area contributed by atoms with Gasteiger partial charge in [-0.2, -0.15) is 0 Å². The molecule has 1 aromatic carbocycles. The number of rotatable bonds is 3. The molecule has 0 bridgehead atoms. The van der Waals surface area contributed by atoms with Crippen molar-refractivity contribution in [1.82, 2.24) is 5.32 Å². The topological polar surface area (TPSA) is 46.2 Å². The predicted molar refractivity (Wildman–Crippen MR) is 56.5 cm³/mol. The first-order chi connectivity index (χ1) is 7.18. The summed E-state index contributed by atoms with van der Waals surface area (Å²) < 4.78 is 0. The van der Waals surface area contributed by atoms with Crippen LogP contribution in [0.1, 0.15) is 23.7 Å². The Morgan fingerprint density at radius 2 is 2.00 bits per heavy atom. The van der Waals surface area contributed by atoms with Crippen molar-refractivity contribution in [2.24, 2.45) is 5.92 Å². The largest absolute Gasteiger partial charge is 0.352 e. The standard InChI is InChI=1S/C12H13NO2/c1-8(10-7-11(14)13-10)12(15)9-5-3-2-4-6-9/h2-6,8,10H,7H2,1H3,(H,13,14). The molecule has 1 fully saturated rings. The van der Waals surface area contributed by atoms with Crippen molar-refractivity contribution in [2.45, 2.75) is 19.4 Å². The van der Waals surface area contributed by atoms with Gasteiger partial charge in [0, 0.05) is 23.9 Å². The normalized spacial score (nSPS) is 21.4. The SMILES string of the molecule is CC(C(=O)c1ccccc1)C1CC(=O)N1. The molecule has 2 rings (SSSR count). The highest BCUT2D eigenvalue weighted by molar-refractivity contribution is 5.99. The van der Waals surface area contributed by atoms with E-state index in [1.165, 1.54) is 0 Å². The minimum atomic E-state index is -0.134. The van der Waals surface area contributed by atoms with Crippen molar-refractivity contribution in [3.05, 3.63) is 35.9 Å². The molecule has 78 valence electrons. The Labute approximate surface area is 88.5 Å². The molecule has 0 aliphatic carbocycles. The van der Waals surface area contributed by atoms with E-state index >= 15 is 0 Å². The van der Waals surface area contributed by atoms with Crippen LogP contribution in [0.2, 0.25) is 0 Å². The molecule has 1 N–H and O–H groups in total. The fourth-order valence-corrected chi connectivity index (χ4v) is 1.74. The van der Waals surface area contributed by atoms with E-state index in [4.69, 9.17) is 0 Å². The molecule has 1 amide bonds. The van der Waals surface area contributed by atoms with Crippen LogP contribution in [0.4, 0.5) is 0 Å². The van der Waals surface area contributed by atoms with Crippen molar-refractivity contribution >= 4 is 11.7 Å². The van der Waals surface area contributed by atoms with Gasteiger partial charge in [0.1, 0.15) is 0 Å². The minimum Gasteiger partial charge on any atom is -0.352 e. The zero-order valence-corrected chi connectivity index (χ0v) is 8.57. The third-order valence-corrected chi connectivity index (χ3v) is 2.83. The number of amides is 1. The Kier molecular flexibility index (Phi) is 2.54. The summed E-state index contributed by atoms with van der Waals surface area (Å²) in [5.41, 5.74) is 0.714. The Morgan fingerprint density at radius 1 is 1.40 bits per heavy atom. The van der Waals surface area contributed by atoms with Crippen molar-refractivity contribution in [2.75, 3.05) is 0 Å². The lowest BCUT2D eigenvalue weighted by atomic mass is 9.86. The highest BCUT2D eigenvalue weighted by Crippen LogP contribution is 2.19. The van der Waals surface area contributed by atoms with Crippen molar-refractivity contribution in [3.63, 3.8) is 0 Å². The number of hydrogen-bond donors (Lipinski definition) is 1. The number of hydrogen-bond acceptors (Lipinski definition) is 2. The molecule has 2 atom stereocenters. The summed E-state index contributed by atoms with van der Waals surface area (Å²) in [5.74, 6) is -0.00147. The van der Waals surface area contributed by atoms with Gasteiger partial charge < -0.3 is 5.32 Å². The lowest BCUT2D eigenvalue weighted by Gasteiger charge is -2.31. The first-order valence-electron chi connectivity index (χ1n) is 5.07. The van der Waals surface area contributed by atoms with Crippen molar-refractivity contribution < 1.29 is 9.59 Å². The van der Waals surface area contributed by atoms with E-state index in [9.17, 15) is 9.59 Å². The van der Waals surface area contributed by atoms with Gasteiger partial charge in [-0.15, -0.1) is 0 Å². The summed E-state index contributed by atoms with van der Waals surface area (Å²) in [6.07, 6.45) is 0.472. The second-order valence-electron chi connectivity index (χ2n) is 3.90. The molecule has 1 saturated heterocycles. The van der Waals surface area contributed by atoms with Crippen LogP contribution in [-0.4, -0.2) is 17.7 Å². The number of carbonyl (C=O) groups is 2. The molecule has 15 heavy (non-hydrogen) atoms. The second-order valence-corrected chi connectivity index (χ2v) is 3.90. The van der Waals surface area contributed by atoms with Crippen LogP contribution in [0.3, 0.4) is 0 Å². The fourth-order valence-electron chi connectivity index (χ4n) is 1.74. The summed E-state index contributed by atoms with van der Waals surface area (Å²) in [7, 11) is 0. The maximum atomic E-state index is 11.9. The molecule has 3 heteroatoms. The van der Waals surface area contributed by atoms with Crippen LogP contribution in [0.15, 0.2) is 30.3 Å². The molecule has 1 aliphatic heterocycles. The van der Waals surface area contributed by atoms with Gasteiger partial charge in [0.25, 0.3) is 0 Å². The summed E-state index contributed by atoms with van der Waals surface area (Å²) in [6.45, 7) is 1.86. The molecular weight excluding hydrogens is 190 g/mol. The molecule has 1 heterocycles. The summed E-state index contributed by atoms with van der Waals surface area (Å²) in [6, 6.07) is 9.20. The van der Waals surface area contributed by atoms with Crippen LogP contribution < -0.4 is 5.32 Å². The average Bonchev–Trinajstić information content (AvgIpc) is 2.24. The predicted octanol–water partition coefficient (Wildman–Crippen LogP) is 1.39.